The summed E-state index contributed by atoms with van der Waals surface area (Å²) in [6.45, 7) is 0. The van der Waals surface area contributed by atoms with Gasteiger partial charge in [0.05, 0.1) is 14.2 Å². The van der Waals surface area contributed by atoms with Gasteiger partial charge in [-0.2, -0.15) is 0 Å². The maximum Gasteiger partial charge on any atom is 0.328 e. The van der Waals surface area contributed by atoms with E-state index in [2.05, 4.69) is 0 Å². The van der Waals surface area contributed by atoms with Crippen LogP contribution in [0, 0.1) is 0 Å². The van der Waals surface area contributed by atoms with E-state index in [0.29, 0.717) is 22.6 Å². The van der Waals surface area contributed by atoms with Crippen LogP contribution >= 0.6 is 0 Å². The van der Waals surface area contributed by atoms with Crippen LogP contribution in [0.4, 0.5) is 0 Å². The smallest absolute Gasteiger partial charge is 0.328 e. The lowest BCUT2D eigenvalue weighted by Gasteiger charge is -2.10. The van der Waals surface area contributed by atoms with Crippen molar-refractivity contribution in [2.24, 2.45) is 0 Å². The first kappa shape index (κ1) is 15.3. The molecule has 6 heteroatoms. The highest BCUT2D eigenvalue weighted by Crippen LogP contribution is 2.30. The van der Waals surface area contributed by atoms with Gasteiger partial charge < -0.3 is 19.7 Å². The number of ether oxygens (including phenoxy) is 2. The molecule has 0 aliphatic carbocycles. The predicted molar refractivity (Wildman–Crippen MR) is 72.9 cm³/mol. The predicted octanol–water partition coefficient (Wildman–Crippen LogP) is 1.90. The van der Waals surface area contributed by atoms with E-state index in [4.69, 9.17) is 19.7 Å². The van der Waals surface area contributed by atoms with E-state index in [1.54, 1.807) is 12.1 Å². The molecule has 20 heavy (non-hydrogen) atoms. The van der Waals surface area contributed by atoms with Crippen LogP contribution in [-0.4, -0.2) is 36.4 Å². The molecule has 0 spiro atoms. The van der Waals surface area contributed by atoms with Crippen LogP contribution in [-0.2, 0) is 9.59 Å². The molecule has 0 saturated carbocycles. The number of carbonyl (C=O) groups is 2. The van der Waals surface area contributed by atoms with E-state index in [1.807, 2.05) is 0 Å². The number of carboxylic acids is 2. The average molecular weight is 278 g/mol. The third kappa shape index (κ3) is 4.16. The highest BCUT2D eigenvalue weighted by atomic mass is 16.5. The number of methoxy groups -OCH3 is 2. The minimum atomic E-state index is -1.08. The van der Waals surface area contributed by atoms with Gasteiger partial charge >= 0.3 is 11.9 Å². The lowest BCUT2D eigenvalue weighted by atomic mass is 10.1. The van der Waals surface area contributed by atoms with E-state index in [9.17, 15) is 9.59 Å². The lowest BCUT2D eigenvalue weighted by Crippen LogP contribution is -1.95. The summed E-state index contributed by atoms with van der Waals surface area (Å²) in [6.07, 6.45) is 4.69. The zero-order valence-electron chi connectivity index (χ0n) is 11.0. The molecule has 1 aromatic carbocycles. The van der Waals surface area contributed by atoms with Crippen molar-refractivity contribution >= 4 is 24.1 Å². The summed E-state index contributed by atoms with van der Waals surface area (Å²) in [7, 11) is 2.87. The van der Waals surface area contributed by atoms with Gasteiger partial charge in [-0.1, -0.05) is 0 Å². The summed E-state index contributed by atoms with van der Waals surface area (Å²) in [5.74, 6) is -1.34. The Hall–Kier alpha value is -2.76. The van der Waals surface area contributed by atoms with Crippen molar-refractivity contribution in [3.05, 3.63) is 35.4 Å². The number of carboxylic acid groups (broad SMARTS) is 2. The minimum absolute atomic E-state index is 0.410. The molecule has 0 atom stereocenters. The Balaban J connectivity index is 3.29. The fourth-order valence-corrected chi connectivity index (χ4v) is 1.53. The zero-order valence-corrected chi connectivity index (χ0v) is 11.0. The fourth-order valence-electron chi connectivity index (χ4n) is 1.53. The second-order valence-electron chi connectivity index (χ2n) is 3.68. The number of aliphatic carboxylic acids is 2. The van der Waals surface area contributed by atoms with Crippen molar-refractivity contribution < 1.29 is 29.3 Å². The average Bonchev–Trinajstić information content (AvgIpc) is 2.42. The molecule has 0 unspecified atom stereocenters. The molecule has 1 rings (SSSR count). The molecule has 0 saturated heterocycles. The van der Waals surface area contributed by atoms with Crippen LogP contribution in [0.1, 0.15) is 11.1 Å². The first-order valence-corrected chi connectivity index (χ1v) is 5.56. The minimum Gasteiger partial charge on any atom is -0.496 e. The Kier molecular flexibility index (Phi) is 5.34. The number of rotatable bonds is 6. The molecule has 0 aliphatic heterocycles. The quantitative estimate of drug-likeness (QED) is 0.772. The molecular formula is C14H14O6. The Morgan fingerprint density at radius 2 is 1.25 bits per heavy atom. The number of benzene rings is 1. The van der Waals surface area contributed by atoms with Gasteiger partial charge in [0.2, 0.25) is 0 Å². The summed E-state index contributed by atoms with van der Waals surface area (Å²) in [6, 6.07) is 3.14. The fraction of sp³-hybridized carbons (Fsp3) is 0.143. The first-order chi connectivity index (χ1) is 9.47. The zero-order chi connectivity index (χ0) is 15.1. The molecule has 0 bridgehead atoms. The number of hydrogen-bond acceptors (Lipinski definition) is 4. The Morgan fingerprint density at radius 3 is 1.50 bits per heavy atom. The summed E-state index contributed by atoms with van der Waals surface area (Å²) < 4.78 is 10.3. The summed E-state index contributed by atoms with van der Waals surface area (Å²) in [5, 5.41) is 17.3. The summed E-state index contributed by atoms with van der Waals surface area (Å²) in [5.41, 5.74) is 1.03. The van der Waals surface area contributed by atoms with E-state index in [-0.39, 0.29) is 0 Å². The summed E-state index contributed by atoms with van der Waals surface area (Å²) >= 11 is 0. The van der Waals surface area contributed by atoms with Gasteiger partial charge in [-0.05, 0) is 24.3 Å². The Bertz CT molecular complexity index is 520. The largest absolute Gasteiger partial charge is 0.496 e. The van der Waals surface area contributed by atoms with Gasteiger partial charge in [0, 0.05) is 23.3 Å². The molecule has 0 amide bonds. The lowest BCUT2D eigenvalue weighted by molar-refractivity contribution is -0.132. The Labute approximate surface area is 115 Å². The van der Waals surface area contributed by atoms with E-state index >= 15 is 0 Å². The first-order valence-electron chi connectivity index (χ1n) is 5.56. The second kappa shape index (κ2) is 6.98. The summed E-state index contributed by atoms with van der Waals surface area (Å²) in [4.78, 5) is 21.1. The van der Waals surface area contributed by atoms with Gasteiger partial charge in [0.1, 0.15) is 11.5 Å². The van der Waals surface area contributed by atoms with E-state index in [1.165, 1.54) is 26.4 Å². The highest BCUT2D eigenvalue weighted by Gasteiger charge is 2.08. The van der Waals surface area contributed by atoms with Crippen molar-refractivity contribution in [1.29, 1.82) is 0 Å². The molecule has 0 radical (unpaired) electrons. The molecule has 0 aromatic heterocycles. The molecule has 2 N–H and O–H groups in total. The molecule has 0 heterocycles. The van der Waals surface area contributed by atoms with Gasteiger partial charge in [0.25, 0.3) is 0 Å². The monoisotopic (exact) mass is 278 g/mol. The second-order valence-corrected chi connectivity index (χ2v) is 3.68. The van der Waals surface area contributed by atoms with Crippen LogP contribution in [0.2, 0.25) is 0 Å². The van der Waals surface area contributed by atoms with Crippen molar-refractivity contribution in [3.8, 4) is 11.5 Å². The maximum absolute atomic E-state index is 10.5. The number of hydrogen-bond donors (Lipinski definition) is 2. The van der Waals surface area contributed by atoms with Crippen LogP contribution in [0.5, 0.6) is 11.5 Å². The van der Waals surface area contributed by atoms with Crippen LogP contribution in [0.3, 0.4) is 0 Å². The van der Waals surface area contributed by atoms with Crippen molar-refractivity contribution in [3.63, 3.8) is 0 Å². The van der Waals surface area contributed by atoms with Crippen LogP contribution < -0.4 is 9.47 Å². The van der Waals surface area contributed by atoms with Gasteiger partial charge in [0.15, 0.2) is 0 Å². The van der Waals surface area contributed by atoms with Gasteiger partial charge in [-0.15, -0.1) is 0 Å². The molecule has 106 valence electrons. The molecule has 1 aromatic rings. The Morgan fingerprint density at radius 1 is 0.900 bits per heavy atom. The molecule has 6 nitrogen and oxygen atoms in total. The van der Waals surface area contributed by atoms with Crippen LogP contribution in [0.15, 0.2) is 24.3 Å². The standard InChI is InChI=1S/C14H14O6/c1-19-11-7-10(4-6-14(17)18)12(20-2)8-9(11)3-5-13(15)16/h3-8H,1-2H3,(H,15,16)(H,17,18)/b5-3+,6-4+. The van der Waals surface area contributed by atoms with Crippen molar-refractivity contribution in [1.82, 2.24) is 0 Å². The maximum atomic E-state index is 10.5. The third-order valence-corrected chi connectivity index (χ3v) is 2.39. The topological polar surface area (TPSA) is 93.1 Å². The van der Waals surface area contributed by atoms with Crippen molar-refractivity contribution in [2.75, 3.05) is 14.2 Å². The third-order valence-electron chi connectivity index (χ3n) is 2.39. The van der Waals surface area contributed by atoms with Gasteiger partial charge in [-0.25, -0.2) is 9.59 Å². The molecule has 0 aliphatic rings. The van der Waals surface area contributed by atoms with Gasteiger partial charge in [-0.3, -0.25) is 0 Å². The molecule has 0 fully saturated rings. The normalized spacial score (nSPS) is 10.9. The van der Waals surface area contributed by atoms with E-state index in [0.717, 1.165) is 12.2 Å². The van der Waals surface area contributed by atoms with E-state index < -0.39 is 11.9 Å². The highest BCUT2D eigenvalue weighted by molar-refractivity contribution is 5.88. The SMILES string of the molecule is COc1cc(/C=C/C(=O)O)c(OC)cc1/C=C/C(=O)O. The van der Waals surface area contributed by atoms with Crippen molar-refractivity contribution in [2.45, 2.75) is 0 Å². The molecular weight excluding hydrogens is 264 g/mol. The van der Waals surface area contributed by atoms with Crippen LogP contribution in [0.25, 0.3) is 12.2 Å².